The molecule has 0 saturated carbocycles. The van der Waals surface area contributed by atoms with E-state index in [0.29, 0.717) is 11.1 Å². The van der Waals surface area contributed by atoms with Crippen molar-refractivity contribution in [3.05, 3.63) is 70.8 Å². The highest BCUT2D eigenvalue weighted by atomic mass is 16.3. The molecule has 3 heteroatoms. The van der Waals surface area contributed by atoms with Gasteiger partial charge < -0.3 is 10.4 Å². The number of rotatable bonds is 0. The van der Waals surface area contributed by atoms with Crippen LogP contribution in [-0.2, 0) is 0 Å². The third-order valence-corrected chi connectivity index (χ3v) is 2.99. The second kappa shape index (κ2) is 4.60. The molecule has 1 aliphatic heterocycles. The maximum atomic E-state index is 11.6. The number of hydrogen-bond donors (Lipinski definition) is 2. The van der Waals surface area contributed by atoms with Crippen LogP contribution in [-0.4, -0.2) is 11.0 Å². The van der Waals surface area contributed by atoms with E-state index in [4.69, 9.17) is 0 Å². The Morgan fingerprint density at radius 2 is 1.74 bits per heavy atom. The van der Waals surface area contributed by atoms with E-state index in [1.165, 1.54) is 0 Å². The smallest absolute Gasteiger partial charge is 0.254 e. The Hall–Kier alpha value is -2.57. The van der Waals surface area contributed by atoms with Crippen molar-refractivity contribution in [1.29, 1.82) is 0 Å². The van der Waals surface area contributed by atoms with Crippen molar-refractivity contribution in [2.75, 3.05) is 0 Å². The first-order valence-corrected chi connectivity index (χ1v) is 5.94. The van der Waals surface area contributed by atoms with Crippen LogP contribution in [0.2, 0.25) is 0 Å². The molecule has 1 heterocycles. The third kappa shape index (κ3) is 2.22. The monoisotopic (exact) mass is 249 g/mol. The van der Waals surface area contributed by atoms with Crippen molar-refractivity contribution in [3.63, 3.8) is 0 Å². The zero-order valence-electron chi connectivity index (χ0n) is 10.1. The van der Waals surface area contributed by atoms with E-state index in [1.54, 1.807) is 18.2 Å². The van der Waals surface area contributed by atoms with Crippen molar-refractivity contribution in [2.24, 2.45) is 0 Å². The third-order valence-electron chi connectivity index (χ3n) is 2.99. The highest BCUT2D eigenvalue weighted by molar-refractivity contribution is 5.99. The Bertz CT molecular complexity index is 696. The summed E-state index contributed by atoms with van der Waals surface area (Å²) in [5.74, 6) is 5.79. The van der Waals surface area contributed by atoms with Crippen molar-refractivity contribution in [1.82, 2.24) is 5.32 Å². The number of aliphatic hydroxyl groups is 1. The van der Waals surface area contributed by atoms with E-state index in [1.807, 2.05) is 30.3 Å². The van der Waals surface area contributed by atoms with Gasteiger partial charge in [-0.1, -0.05) is 36.1 Å². The Labute approximate surface area is 110 Å². The Morgan fingerprint density at radius 1 is 1.00 bits per heavy atom. The van der Waals surface area contributed by atoms with Crippen LogP contribution < -0.4 is 5.32 Å². The van der Waals surface area contributed by atoms with Gasteiger partial charge >= 0.3 is 0 Å². The minimum absolute atomic E-state index is 0.258. The molecule has 1 aliphatic rings. The van der Waals surface area contributed by atoms with Crippen molar-refractivity contribution in [3.8, 4) is 11.8 Å². The van der Waals surface area contributed by atoms with Gasteiger partial charge in [0, 0.05) is 22.3 Å². The number of carbonyl (C=O) groups excluding carboxylic acids is 1. The first kappa shape index (κ1) is 11.5. The lowest BCUT2D eigenvalue weighted by atomic mass is 10.1. The second-order valence-corrected chi connectivity index (χ2v) is 4.29. The highest BCUT2D eigenvalue weighted by Gasteiger charge is 2.26. The van der Waals surface area contributed by atoms with Crippen LogP contribution in [0.4, 0.5) is 0 Å². The molecule has 2 N–H and O–H groups in total. The summed E-state index contributed by atoms with van der Waals surface area (Å²) in [7, 11) is 0. The molecule has 0 spiro atoms. The molecule has 1 amide bonds. The topological polar surface area (TPSA) is 49.3 Å². The first-order valence-electron chi connectivity index (χ1n) is 5.94. The molecule has 1 unspecified atom stereocenters. The van der Waals surface area contributed by atoms with E-state index < -0.39 is 6.23 Å². The number of fused-ring (bicyclic) bond motifs is 1. The minimum Gasteiger partial charge on any atom is -0.369 e. The van der Waals surface area contributed by atoms with Gasteiger partial charge in [0.1, 0.15) is 0 Å². The number of nitrogens with one attached hydrogen (secondary N) is 1. The molecule has 1 atom stereocenters. The summed E-state index contributed by atoms with van der Waals surface area (Å²) in [5, 5.41) is 12.0. The molecule has 0 fully saturated rings. The van der Waals surface area contributed by atoms with Gasteiger partial charge in [0.05, 0.1) is 0 Å². The van der Waals surface area contributed by atoms with Gasteiger partial charge in [0.25, 0.3) is 5.91 Å². The summed E-state index contributed by atoms with van der Waals surface area (Å²) >= 11 is 0. The number of hydrogen-bond acceptors (Lipinski definition) is 2. The van der Waals surface area contributed by atoms with E-state index in [2.05, 4.69) is 17.2 Å². The van der Waals surface area contributed by atoms with Crippen LogP contribution in [0, 0.1) is 11.8 Å². The van der Waals surface area contributed by atoms with Gasteiger partial charge in [-0.25, -0.2) is 0 Å². The van der Waals surface area contributed by atoms with Crippen molar-refractivity contribution < 1.29 is 9.90 Å². The lowest BCUT2D eigenvalue weighted by Gasteiger charge is -2.01. The predicted octanol–water partition coefficient (Wildman–Crippen LogP) is 1.82. The normalized spacial score (nSPS) is 16.3. The molecule has 0 bridgehead atoms. The molecular formula is C16H11NO2. The van der Waals surface area contributed by atoms with Crippen LogP contribution in [0.15, 0.2) is 48.5 Å². The first-order chi connectivity index (χ1) is 9.24. The summed E-state index contributed by atoms with van der Waals surface area (Å²) in [4.78, 5) is 11.6. The Morgan fingerprint density at radius 3 is 2.53 bits per heavy atom. The molecule has 0 radical (unpaired) electrons. The molecule has 0 aromatic heterocycles. The zero-order valence-corrected chi connectivity index (χ0v) is 10.1. The fourth-order valence-electron chi connectivity index (χ4n) is 2.01. The van der Waals surface area contributed by atoms with Crippen LogP contribution in [0.1, 0.15) is 33.3 Å². The zero-order chi connectivity index (χ0) is 13.2. The molecule has 92 valence electrons. The quantitative estimate of drug-likeness (QED) is 0.700. The largest absolute Gasteiger partial charge is 0.369 e. The van der Waals surface area contributed by atoms with E-state index in [9.17, 15) is 9.90 Å². The van der Waals surface area contributed by atoms with E-state index in [-0.39, 0.29) is 5.91 Å². The van der Waals surface area contributed by atoms with Crippen molar-refractivity contribution >= 4 is 5.91 Å². The summed E-state index contributed by atoms with van der Waals surface area (Å²) in [5.41, 5.74) is 2.78. The fraction of sp³-hybridized carbons (Fsp3) is 0.0625. The number of aliphatic hydroxyl groups excluding tert-OH is 1. The lowest BCUT2D eigenvalue weighted by molar-refractivity contribution is 0.0850. The molecule has 0 aliphatic carbocycles. The number of benzene rings is 2. The predicted molar refractivity (Wildman–Crippen MR) is 71.3 cm³/mol. The maximum Gasteiger partial charge on any atom is 0.254 e. The Balaban J connectivity index is 1.95. The molecule has 0 saturated heterocycles. The SMILES string of the molecule is O=C1NC(O)c2ccc(C#Cc3ccccc3)cc21. The number of amides is 1. The molecule has 3 nitrogen and oxygen atoms in total. The summed E-state index contributed by atoms with van der Waals surface area (Å²) < 4.78 is 0. The standard InChI is InChI=1S/C16H11NO2/c18-15-13-9-8-12(10-14(13)16(19)17-15)7-6-11-4-2-1-3-5-11/h1-5,8-10,15,18H,(H,17,19). The summed E-state index contributed by atoms with van der Waals surface area (Å²) in [6, 6.07) is 14.9. The second-order valence-electron chi connectivity index (χ2n) is 4.29. The van der Waals surface area contributed by atoms with E-state index >= 15 is 0 Å². The lowest BCUT2D eigenvalue weighted by Crippen LogP contribution is -2.17. The fourth-order valence-corrected chi connectivity index (χ4v) is 2.01. The van der Waals surface area contributed by atoms with Crippen LogP contribution in [0.3, 0.4) is 0 Å². The minimum atomic E-state index is -0.904. The van der Waals surface area contributed by atoms with Gasteiger partial charge in [-0.15, -0.1) is 0 Å². The average molecular weight is 249 g/mol. The van der Waals surface area contributed by atoms with Gasteiger partial charge in [-0.05, 0) is 24.3 Å². The molecular weight excluding hydrogens is 238 g/mol. The van der Waals surface area contributed by atoms with Crippen molar-refractivity contribution in [2.45, 2.75) is 6.23 Å². The number of carbonyl (C=O) groups is 1. The maximum absolute atomic E-state index is 11.6. The van der Waals surface area contributed by atoms with Crippen LogP contribution >= 0.6 is 0 Å². The van der Waals surface area contributed by atoms with Crippen LogP contribution in [0.25, 0.3) is 0 Å². The summed E-state index contributed by atoms with van der Waals surface area (Å²) in [6.07, 6.45) is -0.904. The molecule has 2 aromatic rings. The Kier molecular flexibility index (Phi) is 2.79. The molecule has 2 aromatic carbocycles. The molecule has 3 rings (SSSR count). The van der Waals surface area contributed by atoms with Gasteiger partial charge in [-0.2, -0.15) is 0 Å². The molecule has 19 heavy (non-hydrogen) atoms. The van der Waals surface area contributed by atoms with Crippen LogP contribution in [0.5, 0.6) is 0 Å². The summed E-state index contributed by atoms with van der Waals surface area (Å²) in [6.45, 7) is 0. The average Bonchev–Trinajstić information content (AvgIpc) is 2.73. The van der Waals surface area contributed by atoms with Gasteiger partial charge in [0.15, 0.2) is 6.23 Å². The van der Waals surface area contributed by atoms with E-state index in [0.717, 1.165) is 11.1 Å². The highest BCUT2D eigenvalue weighted by Crippen LogP contribution is 2.23. The van der Waals surface area contributed by atoms with Gasteiger partial charge in [0.2, 0.25) is 0 Å². The van der Waals surface area contributed by atoms with Gasteiger partial charge in [-0.3, -0.25) is 4.79 Å².